The zero-order valence-corrected chi connectivity index (χ0v) is 69.7. The van der Waals surface area contributed by atoms with Crippen LogP contribution >= 0.6 is 0 Å². The molecule has 0 aromatic carbocycles. The Kier molecular flexibility index (Phi) is 81.5. The van der Waals surface area contributed by atoms with E-state index >= 15 is 0 Å². The van der Waals surface area contributed by atoms with E-state index in [-0.39, 0.29) is 32.2 Å². The number of hydrogen-bond acceptors (Lipinski definition) is 7. The average molecular weight is 1480 g/mol. The molecule has 0 aliphatic carbocycles. The third-order valence-corrected chi connectivity index (χ3v) is 18.6. The first-order valence-electron chi connectivity index (χ1n) is 43.9. The molecule has 2 atom stereocenters. The van der Waals surface area contributed by atoms with E-state index in [0.29, 0.717) is 23.9 Å². The molecule has 9 heteroatoms. The number of hydrogen-bond donors (Lipinski definition) is 1. The van der Waals surface area contributed by atoms with Crippen LogP contribution in [-0.4, -0.2) is 87.4 Å². The van der Waals surface area contributed by atoms with Crippen molar-refractivity contribution in [2.45, 2.75) is 373 Å². The first-order valence-corrected chi connectivity index (χ1v) is 43.9. The van der Waals surface area contributed by atoms with Crippen LogP contribution in [0.25, 0.3) is 0 Å². The Morgan fingerprint density at radius 1 is 0.290 bits per heavy atom. The maximum Gasteiger partial charge on any atom is 0.361 e. The number of ether oxygens (including phenoxy) is 4. The van der Waals surface area contributed by atoms with Gasteiger partial charge in [0.05, 0.1) is 34.4 Å². The molecule has 0 saturated carbocycles. The number of carboxylic acids is 1. The Bertz CT molecular complexity index is 2430. The maximum atomic E-state index is 13.0. The van der Waals surface area contributed by atoms with Crippen LogP contribution in [0.2, 0.25) is 0 Å². The number of carbonyl (C=O) groups is 3. The molecule has 1 N–H and O–H groups in total. The van der Waals surface area contributed by atoms with Gasteiger partial charge in [0, 0.05) is 12.8 Å². The van der Waals surface area contributed by atoms with E-state index in [1.807, 2.05) is 21.1 Å². The zero-order valence-electron chi connectivity index (χ0n) is 69.7. The van der Waals surface area contributed by atoms with Crippen molar-refractivity contribution in [3.05, 3.63) is 182 Å². The maximum absolute atomic E-state index is 13.0. The predicted molar refractivity (Wildman–Crippen MR) is 465 cm³/mol. The molecule has 0 aromatic heterocycles. The van der Waals surface area contributed by atoms with Gasteiger partial charge in [-0.3, -0.25) is 9.59 Å². The molecular weight excluding hydrogens is 1320 g/mol. The normalized spacial score (nSPS) is 13.5. The summed E-state index contributed by atoms with van der Waals surface area (Å²) in [6.07, 6.45) is 128. The Labute approximate surface area is 659 Å². The predicted octanol–water partition coefficient (Wildman–Crippen LogP) is 29.0. The first-order chi connectivity index (χ1) is 52.6. The van der Waals surface area contributed by atoms with E-state index in [1.165, 1.54) is 193 Å². The second kappa shape index (κ2) is 86.0. The van der Waals surface area contributed by atoms with Gasteiger partial charge in [0.25, 0.3) is 6.29 Å². The number of unbranched alkanes of at least 4 members (excludes halogenated alkanes) is 35. The highest BCUT2D eigenvalue weighted by Crippen LogP contribution is 2.18. The topological polar surface area (TPSA) is 108 Å². The summed E-state index contributed by atoms with van der Waals surface area (Å²) in [6, 6.07) is 0. The largest absolute Gasteiger partial charge is 0.477 e. The van der Waals surface area contributed by atoms with Crippen LogP contribution in [0.4, 0.5) is 0 Å². The molecule has 0 aromatic rings. The lowest BCUT2D eigenvalue weighted by Gasteiger charge is -2.25. The van der Waals surface area contributed by atoms with Gasteiger partial charge in [-0.2, -0.15) is 0 Å². The highest BCUT2D eigenvalue weighted by molar-refractivity contribution is 5.71. The van der Waals surface area contributed by atoms with Crippen LogP contribution in [0.1, 0.15) is 361 Å². The van der Waals surface area contributed by atoms with Gasteiger partial charge in [-0.1, -0.05) is 389 Å². The van der Waals surface area contributed by atoms with Crippen LogP contribution in [0.5, 0.6) is 0 Å². The average Bonchev–Trinajstić information content (AvgIpc) is 0.965. The summed E-state index contributed by atoms with van der Waals surface area (Å²) in [5, 5.41) is 9.79. The van der Waals surface area contributed by atoms with Crippen molar-refractivity contribution >= 4 is 17.9 Å². The second-order valence-electron chi connectivity index (χ2n) is 30.1. The lowest BCUT2D eigenvalue weighted by atomic mass is 10.0. The van der Waals surface area contributed by atoms with Crippen LogP contribution in [-0.2, 0) is 33.3 Å². The molecule has 107 heavy (non-hydrogen) atoms. The minimum atomic E-state index is -1.53. The number of esters is 2. The van der Waals surface area contributed by atoms with Gasteiger partial charge in [0.15, 0.2) is 6.10 Å². The molecule has 0 amide bonds. The standard InChI is InChI=1S/C98H163NO8/c1-6-8-10-12-14-16-18-20-22-24-26-28-30-32-34-36-38-40-42-44-46-48-50-52-54-56-58-60-62-64-66-68-70-72-74-76-78-80-82-84-86-88-95(100)105-92-94(93-106-98(97(102)103)104-91-90-99(3,4)5)107-96(101)89-87-85-83-81-79-77-75-73-71-69-67-65-63-61-59-57-55-53-51-49-47-45-43-41-39-37-35-33-31-29-27-25-23-21-19-17-15-13-11-9-7-2/h9,11,15,17-18,20-21,23-24,26-27,29-30,32-33,35,39,41,45,47,51,53,57,59,63,65,69,71,75,77,94,98H,6-8,10,12-14,16,19,22,25,28,31,34,36-38,40,42-44,46,48-50,52,54-56,58,60-62,64,66-68,70,72-74,76,78-93H2,1-5H3/p+1/b11-9-,17-15-,20-18-,23-21-,26-24-,29-27-,32-30-,35-33-,41-39-,47-45-,53-51-,59-57-,65-63-,71-69-,77-75-. The molecule has 0 heterocycles. The third-order valence-electron chi connectivity index (χ3n) is 18.6. The van der Waals surface area contributed by atoms with E-state index in [4.69, 9.17) is 18.9 Å². The summed E-state index contributed by atoms with van der Waals surface area (Å²) in [4.78, 5) is 37.8. The minimum Gasteiger partial charge on any atom is -0.477 e. The van der Waals surface area contributed by atoms with Gasteiger partial charge in [-0.25, -0.2) is 4.79 Å². The summed E-state index contributed by atoms with van der Waals surface area (Å²) in [7, 11) is 5.97. The van der Waals surface area contributed by atoms with Gasteiger partial charge in [-0.05, 0) is 141 Å². The van der Waals surface area contributed by atoms with Gasteiger partial charge < -0.3 is 28.5 Å². The van der Waals surface area contributed by atoms with Crippen LogP contribution < -0.4 is 0 Å². The molecule has 608 valence electrons. The Hall–Kier alpha value is -5.61. The molecule has 9 nitrogen and oxygen atoms in total. The van der Waals surface area contributed by atoms with Crippen molar-refractivity contribution in [1.82, 2.24) is 0 Å². The third kappa shape index (κ3) is 87.5. The molecule has 0 spiro atoms. The number of carbonyl (C=O) groups excluding carboxylic acids is 2. The van der Waals surface area contributed by atoms with Crippen LogP contribution in [0, 0.1) is 0 Å². The van der Waals surface area contributed by atoms with Crippen molar-refractivity contribution in [2.75, 3.05) is 47.5 Å². The highest BCUT2D eigenvalue weighted by Gasteiger charge is 2.25. The Balaban J connectivity index is 4.07. The van der Waals surface area contributed by atoms with Gasteiger partial charge in [-0.15, -0.1) is 0 Å². The Morgan fingerprint density at radius 2 is 0.533 bits per heavy atom. The van der Waals surface area contributed by atoms with Gasteiger partial charge in [0.1, 0.15) is 13.2 Å². The van der Waals surface area contributed by atoms with Crippen molar-refractivity contribution in [1.29, 1.82) is 0 Å². The van der Waals surface area contributed by atoms with E-state index in [2.05, 4.69) is 196 Å². The summed E-state index contributed by atoms with van der Waals surface area (Å²) in [6.45, 7) is 4.74. The first kappa shape index (κ1) is 101. The molecule has 0 radical (unpaired) electrons. The summed E-state index contributed by atoms with van der Waals surface area (Å²) in [5.74, 6) is -2.04. The molecule has 0 aliphatic heterocycles. The van der Waals surface area contributed by atoms with E-state index in [0.717, 1.165) is 135 Å². The summed E-state index contributed by atoms with van der Waals surface area (Å²) < 4.78 is 23.0. The fourth-order valence-electron chi connectivity index (χ4n) is 12.0. The smallest absolute Gasteiger partial charge is 0.361 e. The number of nitrogens with zero attached hydrogens (tertiary/aromatic N) is 1. The van der Waals surface area contributed by atoms with E-state index in [9.17, 15) is 19.5 Å². The fourth-order valence-corrected chi connectivity index (χ4v) is 12.0. The Morgan fingerprint density at radius 3 is 0.794 bits per heavy atom. The summed E-state index contributed by atoms with van der Waals surface area (Å²) >= 11 is 0. The number of carboxylic acid groups (broad SMARTS) is 1. The highest BCUT2D eigenvalue weighted by atomic mass is 16.7. The monoisotopic (exact) mass is 1480 g/mol. The molecular formula is C98H164NO8+. The van der Waals surface area contributed by atoms with Gasteiger partial charge in [0.2, 0.25) is 0 Å². The number of allylic oxidation sites excluding steroid dienone is 30. The SMILES string of the molecule is CC/C=C\C/C=C\C/C=C\C/C=C\C/C=C\C/C=C\C/C=C\C/C=C\C/C=C\C/C=C\C/C=C\C/C=C\CCCCCCC(=O)OC(COC(=O)CCCCCCCCCCCCCCCCCCCCCCCCCCCC/C=C\C/C=C\C/C=C\CCCCCCC)COC(OCC[N+](C)(C)C)C(=O)O. The number of likely N-dealkylation sites (N-methyl/N-ethyl adjacent to an activating group) is 1. The quantitative estimate of drug-likeness (QED) is 0.0211. The molecule has 0 aliphatic rings. The molecule has 2 unspecified atom stereocenters. The summed E-state index contributed by atoms with van der Waals surface area (Å²) in [5.41, 5.74) is 0. The minimum absolute atomic E-state index is 0.175. The van der Waals surface area contributed by atoms with Crippen LogP contribution in [0.3, 0.4) is 0 Å². The molecule has 0 saturated heterocycles. The van der Waals surface area contributed by atoms with Crippen LogP contribution in [0.15, 0.2) is 182 Å². The number of aliphatic carboxylic acids is 1. The lowest BCUT2D eigenvalue weighted by Crippen LogP contribution is -2.40. The van der Waals surface area contributed by atoms with Crippen molar-refractivity contribution in [3.63, 3.8) is 0 Å². The fraction of sp³-hybridized carbons (Fsp3) is 0.663. The van der Waals surface area contributed by atoms with Crippen molar-refractivity contribution in [2.24, 2.45) is 0 Å². The number of quaternary nitrogens is 1. The van der Waals surface area contributed by atoms with E-state index < -0.39 is 24.3 Å². The molecule has 0 fully saturated rings. The molecule has 0 bridgehead atoms. The second-order valence-corrected chi connectivity index (χ2v) is 30.1. The zero-order chi connectivity index (χ0) is 77.4. The molecule has 0 rings (SSSR count). The lowest BCUT2D eigenvalue weighted by molar-refractivity contribution is -0.870. The number of rotatable bonds is 80. The van der Waals surface area contributed by atoms with Crippen molar-refractivity contribution < 1.29 is 42.9 Å². The van der Waals surface area contributed by atoms with Crippen molar-refractivity contribution in [3.8, 4) is 0 Å². The van der Waals surface area contributed by atoms with Gasteiger partial charge >= 0.3 is 17.9 Å². The van der Waals surface area contributed by atoms with E-state index in [1.54, 1.807) is 0 Å².